The molecule has 116 valence electrons. The van der Waals surface area contributed by atoms with Crippen molar-refractivity contribution >= 4 is 5.91 Å². The summed E-state index contributed by atoms with van der Waals surface area (Å²) in [7, 11) is 0. The van der Waals surface area contributed by atoms with Crippen molar-refractivity contribution in [1.29, 1.82) is 0 Å². The van der Waals surface area contributed by atoms with E-state index in [1.165, 1.54) is 5.56 Å². The number of nitrogens with zero attached hydrogens (tertiary/aromatic N) is 5. The van der Waals surface area contributed by atoms with Crippen molar-refractivity contribution in [3.8, 4) is 0 Å². The van der Waals surface area contributed by atoms with Crippen LogP contribution in [0.1, 0.15) is 18.5 Å². The standard InChI is InChI=1S/C16H21N5O/c1-14(21-7-3-6-18-21)16(22)20-10-8-19(9-11-20)13-15-4-2-5-17-12-15/h2-7,12,14H,8-11,13H2,1H3. The van der Waals surface area contributed by atoms with Gasteiger partial charge in [-0.2, -0.15) is 5.10 Å². The van der Waals surface area contributed by atoms with Crippen LogP contribution in [0.3, 0.4) is 0 Å². The topological polar surface area (TPSA) is 54.3 Å². The molecule has 1 saturated heterocycles. The molecule has 2 aromatic heterocycles. The summed E-state index contributed by atoms with van der Waals surface area (Å²) < 4.78 is 1.71. The number of pyridine rings is 1. The van der Waals surface area contributed by atoms with E-state index in [9.17, 15) is 4.79 Å². The number of aromatic nitrogens is 3. The SMILES string of the molecule is CC(C(=O)N1CCN(Cc2cccnc2)CC1)n1cccn1. The lowest BCUT2D eigenvalue weighted by Gasteiger charge is -2.35. The minimum atomic E-state index is -0.236. The van der Waals surface area contributed by atoms with Crippen molar-refractivity contribution in [1.82, 2.24) is 24.6 Å². The van der Waals surface area contributed by atoms with Gasteiger partial charge in [-0.1, -0.05) is 6.07 Å². The first-order chi connectivity index (χ1) is 10.7. The molecule has 1 fully saturated rings. The summed E-state index contributed by atoms with van der Waals surface area (Å²) in [6.45, 7) is 6.12. The van der Waals surface area contributed by atoms with Gasteiger partial charge >= 0.3 is 0 Å². The maximum atomic E-state index is 12.5. The second-order valence-electron chi connectivity index (χ2n) is 5.62. The summed E-state index contributed by atoms with van der Waals surface area (Å²) >= 11 is 0. The summed E-state index contributed by atoms with van der Waals surface area (Å²) in [4.78, 5) is 20.9. The highest BCUT2D eigenvalue weighted by Gasteiger charge is 2.25. The summed E-state index contributed by atoms with van der Waals surface area (Å²) in [5.41, 5.74) is 1.21. The van der Waals surface area contributed by atoms with Crippen LogP contribution in [0.5, 0.6) is 0 Å². The lowest BCUT2D eigenvalue weighted by atomic mass is 10.2. The van der Waals surface area contributed by atoms with Crippen LogP contribution in [0.4, 0.5) is 0 Å². The molecule has 1 aliphatic heterocycles. The van der Waals surface area contributed by atoms with E-state index in [0.29, 0.717) is 0 Å². The normalized spacial score (nSPS) is 17.4. The number of piperazine rings is 1. The van der Waals surface area contributed by atoms with Crippen molar-refractivity contribution in [2.24, 2.45) is 0 Å². The van der Waals surface area contributed by atoms with Crippen molar-refractivity contribution in [3.63, 3.8) is 0 Å². The molecule has 3 heterocycles. The third-order valence-corrected chi connectivity index (χ3v) is 4.09. The van der Waals surface area contributed by atoms with E-state index in [4.69, 9.17) is 0 Å². The van der Waals surface area contributed by atoms with Gasteiger partial charge in [-0.3, -0.25) is 19.4 Å². The number of rotatable bonds is 4. The number of carbonyl (C=O) groups excluding carboxylic acids is 1. The fourth-order valence-corrected chi connectivity index (χ4v) is 2.76. The van der Waals surface area contributed by atoms with E-state index < -0.39 is 0 Å². The lowest BCUT2D eigenvalue weighted by molar-refractivity contribution is -0.136. The summed E-state index contributed by atoms with van der Waals surface area (Å²) in [5, 5.41) is 4.15. The average molecular weight is 299 g/mol. The molecule has 22 heavy (non-hydrogen) atoms. The summed E-state index contributed by atoms with van der Waals surface area (Å²) in [6, 6.07) is 5.65. The van der Waals surface area contributed by atoms with E-state index >= 15 is 0 Å². The van der Waals surface area contributed by atoms with E-state index in [1.807, 2.05) is 36.4 Å². The molecule has 0 aliphatic carbocycles. The Balaban J connectivity index is 1.52. The fourth-order valence-electron chi connectivity index (χ4n) is 2.76. The molecule has 1 amide bonds. The first kappa shape index (κ1) is 14.7. The molecule has 6 nitrogen and oxygen atoms in total. The Labute approximate surface area is 130 Å². The van der Waals surface area contributed by atoms with Crippen molar-refractivity contribution < 1.29 is 4.79 Å². The minimum Gasteiger partial charge on any atom is -0.338 e. The Kier molecular flexibility index (Phi) is 4.48. The molecule has 6 heteroatoms. The first-order valence-electron chi connectivity index (χ1n) is 7.63. The second-order valence-corrected chi connectivity index (χ2v) is 5.62. The Hall–Kier alpha value is -2.21. The zero-order valence-electron chi connectivity index (χ0n) is 12.8. The van der Waals surface area contributed by atoms with Crippen LogP contribution < -0.4 is 0 Å². The maximum absolute atomic E-state index is 12.5. The van der Waals surface area contributed by atoms with Gasteiger partial charge in [0.1, 0.15) is 6.04 Å². The molecule has 1 aliphatic rings. The van der Waals surface area contributed by atoms with Gasteiger partial charge in [-0.25, -0.2) is 0 Å². The molecular formula is C16H21N5O. The monoisotopic (exact) mass is 299 g/mol. The number of carbonyl (C=O) groups is 1. The van der Waals surface area contributed by atoms with Gasteiger partial charge in [-0.05, 0) is 24.6 Å². The lowest BCUT2D eigenvalue weighted by Crippen LogP contribution is -2.49. The van der Waals surface area contributed by atoms with E-state index in [1.54, 1.807) is 17.1 Å². The molecule has 0 radical (unpaired) electrons. The van der Waals surface area contributed by atoms with E-state index in [-0.39, 0.29) is 11.9 Å². The molecule has 2 aromatic rings. The van der Waals surface area contributed by atoms with Crippen molar-refractivity contribution in [2.75, 3.05) is 26.2 Å². The Morgan fingerprint density at radius 2 is 2.05 bits per heavy atom. The fraction of sp³-hybridized carbons (Fsp3) is 0.438. The predicted octanol–water partition coefficient (Wildman–Crippen LogP) is 1.18. The van der Waals surface area contributed by atoms with Gasteiger partial charge in [0.15, 0.2) is 0 Å². The van der Waals surface area contributed by atoms with Crippen molar-refractivity contribution in [3.05, 3.63) is 48.5 Å². The van der Waals surface area contributed by atoms with Gasteiger partial charge in [0, 0.05) is 57.5 Å². The molecular weight excluding hydrogens is 278 g/mol. The predicted molar refractivity (Wildman–Crippen MR) is 83.0 cm³/mol. The van der Waals surface area contributed by atoms with Crippen LogP contribution in [0.25, 0.3) is 0 Å². The largest absolute Gasteiger partial charge is 0.338 e. The molecule has 0 N–H and O–H groups in total. The second kappa shape index (κ2) is 6.70. The molecule has 0 aromatic carbocycles. The highest BCUT2D eigenvalue weighted by atomic mass is 16.2. The average Bonchev–Trinajstić information content (AvgIpc) is 3.10. The van der Waals surface area contributed by atoms with E-state index in [0.717, 1.165) is 32.7 Å². The molecule has 1 atom stereocenters. The third-order valence-electron chi connectivity index (χ3n) is 4.09. The summed E-state index contributed by atoms with van der Waals surface area (Å²) in [6.07, 6.45) is 7.23. The van der Waals surface area contributed by atoms with Gasteiger partial charge in [0.2, 0.25) is 5.91 Å². The van der Waals surface area contributed by atoms with E-state index in [2.05, 4.69) is 21.0 Å². The molecule has 3 rings (SSSR count). The van der Waals surface area contributed by atoms with Gasteiger partial charge < -0.3 is 4.90 Å². The Morgan fingerprint density at radius 3 is 2.68 bits per heavy atom. The molecule has 0 bridgehead atoms. The first-order valence-corrected chi connectivity index (χ1v) is 7.63. The molecule has 0 spiro atoms. The quantitative estimate of drug-likeness (QED) is 0.851. The Bertz CT molecular complexity index is 590. The number of hydrogen-bond donors (Lipinski definition) is 0. The minimum absolute atomic E-state index is 0.143. The van der Waals surface area contributed by atoms with Crippen LogP contribution in [0.2, 0.25) is 0 Å². The van der Waals surface area contributed by atoms with Gasteiger partial charge in [0.25, 0.3) is 0 Å². The zero-order valence-corrected chi connectivity index (χ0v) is 12.8. The highest BCUT2D eigenvalue weighted by Crippen LogP contribution is 2.13. The summed E-state index contributed by atoms with van der Waals surface area (Å²) in [5.74, 6) is 0.143. The zero-order chi connectivity index (χ0) is 15.4. The van der Waals surface area contributed by atoms with Crippen LogP contribution in [0.15, 0.2) is 43.0 Å². The maximum Gasteiger partial charge on any atom is 0.247 e. The van der Waals surface area contributed by atoms with Gasteiger partial charge in [0.05, 0.1) is 0 Å². The highest BCUT2D eigenvalue weighted by molar-refractivity contribution is 5.80. The smallest absolute Gasteiger partial charge is 0.247 e. The Morgan fingerprint density at radius 1 is 1.23 bits per heavy atom. The molecule has 0 saturated carbocycles. The van der Waals surface area contributed by atoms with Gasteiger partial charge in [-0.15, -0.1) is 0 Å². The number of hydrogen-bond acceptors (Lipinski definition) is 4. The van der Waals surface area contributed by atoms with Crippen LogP contribution in [0, 0.1) is 0 Å². The number of amides is 1. The van der Waals surface area contributed by atoms with Crippen LogP contribution >= 0.6 is 0 Å². The van der Waals surface area contributed by atoms with Crippen LogP contribution in [-0.2, 0) is 11.3 Å². The third kappa shape index (κ3) is 3.33. The van der Waals surface area contributed by atoms with Crippen molar-refractivity contribution in [2.45, 2.75) is 19.5 Å². The molecule has 1 unspecified atom stereocenters. The van der Waals surface area contributed by atoms with Crippen LogP contribution in [-0.4, -0.2) is 56.7 Å².